The number of amides is 2. The number of nitrogens with zero attached hydrogens (tertiary/aromatic N) is 1. The number of ether oxygens (including phenoxy) is 2. The second-order valence-electron chi connectivity index (χ2n) is 9.36. The van der Waals surface area contributed by atoms with Crippen LogP contribution in [0.2, 0.25) is 0 Å². The fourth-order valence-electron chi connectivity index (χ4n) is 5.73. The van der Waals surface area contributed by atoms with Crippen molar-refractivity contribution < 1.29 is 29.0 Å². The summed E-state index contributed by atoms with van der Waals surface area (Å²) in [6.07, 6.45) is -0.128. The van der Waals surface area contributed by atoms with Crippen LogP contribution in [-0.4, -0.2) is 69.6 Å². The van der Waals surface area contributed by atoms with E-state index in [1.165, 1.54) is 4.90 Å². The summed E-state index contributed by atoms with van der Waals surface area (Å²) in [5.41, 5.74) is -0.228. The number of nitrogens with one attached hydrogen (secondary N) is 1. The van der Waals surface area contributed by atoms with Gasteiger partial charge in [0.2, 0.25) is 11.8 Å². The Morgan fingerprint density at radius 3 is 2.64 bits per heavy atom. The number of aliphatic hydroxyl groups is 1. The largest absolute Gasteiger partial charge is 0.466 e. The van der Waals surface area contributed by atoms with Crippen LogP contribution in [0.1, 0.15) is 32.8 Å². The summed E-state index contributed by atoms with van der Waals surface area (Å²) in [6.45, 7) is 5.71. The predicted octanol–water partition coefficient (Wildman–Crippen LogP) is 1.63. The van der Waals surface area contributed by atoms with Gasteiger partial charge in [0.05, 0.1) is 37.2 Å². The Morgan fingerprint density at radius 2 is 2.03 bits per heavy atom. The summed E-state index contributed by atoms with van der Waals surface area (Å²) >= 11 is 3.62. The maximum atomic E-state index is 13.8. The first-order chi connectivity index (χ1) is 15.8. The highest BCUT2D eigenvalue weighted by Gasteiger charge is 2.77. The van der Waals surface area contributed by atoms with E-state index in [0.717, 1.165) is 5.56 Å². The van der Waals surface area contributed by atoms with E-state index in [-0.39, 0.29) is 35.8 Å². The van der Waals surface area contributed by atoms with Gasteiger partial charge in [0.15, 0.2) is 0 Å². The van der Waals surface area contributed by atoms with Gasteiger partial charge < -0.3 is 24.8 Å². The molecule has 0 aliphatic carbocycles. The molecular formula is C24H31BrN2O6. The summed E-state index contributed by atoms with van der Waals surface area (Å²) in [7, 11) is 0. The number of carbonyl (C=O) groups excluding carboxylic acids is 3. The van der Waals surface area contributed by atoms with Crippen LogP contribution in [0.3, 0.4) is 0 Å². The van der Waals surface area contributed by atoms with Crippen molar-refractivity contribution in [2.45, 2.75) is 62.4 Å². The Labute approximate surface area is 202 Å². The standard InChI is InChI=1S/C24H31BrN2O6/c1-4-32-23(31)17-18-22(30)27(16(12-28)13(2)3)20(24(18)10-15(25)19(17)33-24)21(29)26-11-14-8-6-5-7-9-14/h5-9,13,15-20,28H,4,10-12H2,1-3H3,(H,26,29)/t15?,16-,17+,18-,19+,20?,24?/m0/s1. The summed E-state index contributed by atoms with van der Waals surface area (Å²) in [5, 5.41) is 13.1. The van der Waals surface area contributed by atoms with Gasteiger partial charge in [-0.25, -0.2) is 0 Å². The third kappa shape index (κ3) is 3.88. The van der Waals surface area contributed by atoms with Gasteiger partial charge in [0.25, 0.3) is 0 Å². The highest BCUT2D eigenvalue weighted by atomic mass is 79.9. The molecule has 2 amide bonds. The maximum absolute atomic E-state index is 13.8. The smallest absolute Gasteiger partial charge is 0.312 e. The van der Waals surface area contributed by atoms with Crippen molar-refractivity contribution in [2.24, 2.45) is 17.8 Å². The molecule has 0 aromatic heterocycles. The number of rotatable bonds is 8. The normalized spacial score (nSPS) is 33.3. The molecule has 0 radical (unpaired) electrons. The number of hydrogen-bond acceptors (Lipinski definition) is 6. The lowest BCUT2D eigenvalue weighted by Gasteiger charge is -2.38. The highest BCUT2D eigenvalue weighted by molar-refractivity contribution is 9.09. The van der Waals surface area contributed by atoms with Crippen molar-refractivity contribution in [2.75, 3.05) is 13.2 Å². The Hall–Kier alpha value is -1.97. The Bertz CT molecular complexity index is 911. The van der Waals surface area contributed by atoms with Gasteiger partial charge in [-0.3, -0.25) is 14.4 Å². The van der Waals surface area contributed by atoms with Crippen molar-refractivity contribution in [3.63, 3.8) is 0 Å². The van der Waals surface area contributed by atoms with Gasteiger partial charge in [0, 0.05) is 11.4 Å². The number of likely N-dealkylation sites (tertiary alicyclic amines) is 1. The number of hydrogen-bond donors (Lipinski definition) is 2. The molecular weight excluding hydrogens is 492 g/mol. The second kappa shape index (κ2) is 9.35. The van der Waals surface area contributed by atoms with Gasteiger partial charge in [-0.1, -0.05) is 60.1 Å². The molecule has 33 heavy (non-hydrogen) atoms. The Balaban J connectivity index is 1.72. The van der Waals surface area contributed by atoms with E-state index >= 15 is 0 Å². The van der Waals surface area contributed by atoms with Crippen molar-refractivity contribution in [3.8, 4) is 0 Å². The molecule has 2 bridgehead atoms. The monoisotopic (exact) mass is 522 g/mol. The Morgan fingerprint density at radius 1 is 1.33 bits per heavy atom. The molecule has 1 aromatic carbocycles. The van der Waals surface area contributed by atoms with E-state index in [1.807, 2.05) is 44.2 Å². The molecule has 0 saturated carbocycles. The minimum atomic E-state index is -1.16. The molecule has 3 heterocycles. The first-order valence-electron chi connectivity index (χ1n) is 11.5. The number of halogens is 1. The van der Waals surface area contributed by atoms with E-state index in [1.54, 1.807) is 6.92 Å². The molecule has 8 nitrogen and oxygen atoms in total. The number of benzene rings is 1. The first kappa shape index (κ1) is 24.2. The van der Waals surface area contributed by atoms with Gasteiger partial charge in [-0.2, -0.15) is 0 Å². The summed E-state index contributed by atoms with van der Waals surface area (Å²) in [5.74, 6) is -2.88. The number of alkyl halides is 1. The average molecular weight is 523 g/mol. The minimum Gasteiger partial charge on any atom is -0.466 e. The number of carbonyl (C=O) groups is 3. The third-order valence-electron chi connectivity index (χ3n) is 7.16. The van der Waals surface area contributed by atoms with Crippen molar-refractivity contribution in [1.29, 1.82) is 0 Å². The van der Waals surface area contributed by atoms with Crippen LogP contribution < -0.4 is 5.32 Å². The van der Waals surface area contributed by atoms with Crippen LogP contribution in [-0.2, 0) is 30.4 Å². The number of esters is 1. The van der Waals surface area contributed by atoms with Crippen LogP contribution in [0.4, 0.5) is 0 Å². The molecule has 9 heteroatoms. The molecule has 1 spiro atoms. The molecule has 4 rings (SSSR count). The molecule has 180 valence electrons. The summed E-state index contributed by atoms with van der Waals surface area (Å²) in [6, 6.07) is 7.97. The second-order valence-corrected chi connectivity index (χ2v) is 10.5. The minimum absolute atomic E-state index is 0.100. The Kier molecular flexibility index (Phi) is 6.85. The van der Waals surface area contributed by atoms with Gasteiger partial charge in [-0.15, -0.1) is 0 Å². The van der Waals surface area contributed by atoms with Crippen LogP contribution in [0, 0.1) is 17.8 Å². The average Bonchev–Trinajstić information content (AvgIpc) is 3.37. The molecule has 7 atom stereocenters. The van der Waals surface area contributed by atoms with E-state index in [2.05, 4.69) is 21.2 Å². The molecule has 2 N–H and O–H groups in total. The zero-order valence-electron chi connectivity index (χ0n) is 19.1. The number of fused-ring (bicyclic) bond motifs is 1. The van der Waals surface area contributed by atoms with Crippen molar-refractivity contribution >= 4 is 33.7 Å². The molecule has 3 aliphatic heterocycles. The SMILES string of the molecule is CCOC(=O)[C@H]1[C@@H]2OC3(CC2Br)C(C(=O)NCc2ccccc2)N([C@@H](CO)C(C)C)C(=O)[C@H]13. The lowest BCUT2D eigenvalue weighted by molar-refractivity contribution is -0.155. The van der Waals surface area contributed by atoms with Gasteiger partial charge >= 0.3 is 5.97 Å². The molecule has 3 saturated heterocycles. The molecule has 3 fully saturated rings. The summed E-state index contributed by atoms with van der Waals surface area (Å²) < 4.78 is 11.7. The van der Waals surface area contributed by atoms with E-state index < -0.39 is 41.6 Å². The van der Waals surface area contributed by atoms with Crippen LogP contribution >= 0.6 is 15.9 Å². The molecule has 3 aliphatic rings. The van der Waals surface area contributed by atoms with Crippen molar-refractivity contribution in [1.82, 2.24) is 10.2 Å². The van der Waals surface area contributed by atoms with E-state index in [0.29, 0.717) is 13.0 Å². The van der Waals surface area contributed by atoms with Crippen molar-refractivity contribution in [3.05, 3.63) is 35.9 Å². The lowest BCUT2D eigenvalue weighted by atomic mass is 9.70. The fourth-order valence-corrected chi connectivity index (χ4v) is 6.68. The summed E-state index contributed by atoms with van der Waals surface area (Å²) in [4.78, 5) is 41.7. The zero-order valence-corrected chi connectivity index (χ0v) is 20.7. The van der Waals surface area contributed by atoms with E-state index in [4.69, 9.17) is 9.47 Å². The fraction of sp³-hybridized carbons (Fsp3) is 0.625. The van der Waals surface area contributed by atoms with Crippen LogP contribution in [0.25, 0.3) is 0 Å². The van der Waals surface area contributed by atoms with Crippen LogP contribution in [0.5, 0.6) is 0 Å². The van der Waals surface area contributed by atoms with Gasteiger partial charge in [0.1, 0.15) is 11.6 Å². The van der Waals surface area contributed by atoms with Crippen LogP contribution in [0.15, 0.2) is 30.3 Å². The molecule has 3 unspecified atom stereocenters. The van der Waals surface area contributed by atoms with E-state index in [9.17, 15) is 19.5 Å². The maximum Gasteiger partial charge on any atom is 0.312 e. The highest BCUT2D eigenvalue weighted by Crippen LogP contribution is 2.60. The topological polar surface area (TPSA) is 105 Å². The molecule has 1 aromatic rings. The van der Waals surface area contributed by atoms with Gasteiger partial charge in [-0.05, 0) is 24.8 Å². The number of aliphatic hydroxyl groups excluding tert-OH is 1. The zero-order chi connectivity index (χ0) is 23.9. The first-order valence-corrected chi connectivity index (χ1v) is 12.4. The quantitative estimate of drug-likeness (QED) is 0.397. The third-order valence-corrected chi connectivity index (χ3v) is 8.00. The predicted molar refractivity (Wildman–Crippen MR) is 123 cm³/mol. The lowest BCUT2D eigenvalue weighted by Crippen LogP contribution is -2.59.